The van der Waals surface area contributed by atoms with E-state index in [0.29, 0.717) is 5.92 Å². The number of rotatable bonds is 4. The molecule has 1 saturated heterocycles. The Morgan fingerprint density at radius 2 is 2.06 bits per heavy atom. The summed E-state index contributed by atoms with van der Waals surface area (Å²) in [5.41, 5.74) is 1.04. The van der Waals surface area contributed by atoms with Gasteiger partial charge in [-0.25, -0.2) is 9.78 Å². The van der Waals surface area contributed by atoms with Gasteiger partial charge in [-0.3, -0.25) is 0 Å². The molecule has 2 aliphatic heterocycles. The Hall–Kier alpha value is -0.600. The first-order chi connectivity index (χ1) is 7.96. The highest BCUT2D eigenvalue weighted by molar-refractivity contribution is 5.18. The van der Waals surface area contributed by atoms with E-state index in [1.165, 1.54) is 5.57 Å². The van der Waals surface area contributed by atoms with Crippen molar-refractivity contribution in [2.45, 2.75) is 64.6 Å². The van der Waals surface area contributed by atoms with Gasteiger partial charge in [0.25, 0.3) is 0 Å². The zero-order valence-corrected chi connectivity index (χ0v) is 11.5. The Balaban J connectivity index is 1.98. The highest BCUT2D eigenvalue weighted by Gasteiger charge is 2.48. The second kappa shape index (κ2) is 4.58. The van der Waals surface area contributed by atoms with Gasteiger partial charge in [0, 0.05) is 0 Å². The third-order valence-corrected chi connectivity index (χ3v) is 4.10. The summed E-state index contributed by atoms with van der Waals surface area (Å²) < 4.78 is 0. The van der Waals surface area contributed by atoms with Crippen LogP contribution in [-0.4, -0.2) is 11.2 Å². The Labute approximate surface area is 105 Å². The van der Waals surface area contributed by atoms with Crippen LogP contribution in [-0.2, 0) is 9.78 Å². The normalized spacial score (nSPS) is 36.9. The minimum Gasteiger partial charge on any atom is -0.225 e. The van der Waals surface area contributed by atoms with Gasteiger partial charge in [-0.15, -0.1) is 0 Å². The standard InChI is InChI=1S/C15H24O2/c1-12(2)6-5-7-13(3)15-10-8-14(4,9-11-15)16-17-15/h6,8,10,13H,5,7,9,11H2,1-4H3. The fourth-order valence-electron chi connectivity index (χ4n) is 2.60. The summed E-state index contributed by atoms with van der Waals surface area (Å²) in [7, 11) is 0. The molecule has 0 aromatic rings. The number of fused-ring (bicyclic) bond motifs is 2. The van der Waals surface area contributed by atoms with Crippen LogP contribution in [0.15, 0.2) is 23.8 Å². The lowest BCUT2D eigenvalue weighted by atomic mass is 9.74. The van der Waals surface area contributed by atoms with E-state index in [4.69, 9.17) is 9.78 Å². The lowest BCUT2D eigenvalue weighted by Crippen LogP contribution is -2.51. The minimum absolute atomic E-state index is 0.173. The zero-order valence-electron chi connectivity index (χ0n) is 11.5. The van der Waals surface area contributed by atoms with Crippen molar-refractivity contribution in [3.63, 3.8) is 0 Å². The lowest BCUT2D eigenvalue weighted by molar-refractivity contribution is -0.432. The molecule has 96 valence electrons. The molecule has 3 rings (SSSR count). The smallest absolute Gasteiger partial charge is 0.124 e. The fraction of sp³-hybridized carbons (Fsp3) is 0.733. The predicted octanol–water partition coefficient (Wildman–Crippen LogP) is 4.18. The van der Waals surface area contributed by atoms with Crippen LogP contribution in [0.25, 0.3) is 0 Å². The average Bonchev–Trinajstić information content (AvgIpc) is 2.30. The molecule has 1 aliphatic carbocycles. The highest BCUT2D eigenvalue weighted by atomic mass is 17.2. The third kappa shape index (κ3) is 2.63. The zero-order chi connectivity index (χ0) is 12.5. The van der Waals surface area contributed by atoms with Gasteiger partial charge < -0.3 is 0 Å². The van der Waals surface area contributed by atoms with Crippen molar-refractivity contribution in [2.75, 3.05) is 0 Å². The summed E-state index contributed by atoms with van der Waals surface area (Å²) in [4.78, 5) is 11.2. The van der Waals surface area contributed by atoms with Gasteiger partial charge >= 0.3 is 0 Å². The number of hydrogen-bond acceptors (Lipinski definition) is 2. The number of allylic oxidation sites excluding steroid dienone is 2. The van der Waals surface area contributed by atoms with Gasteiger partial charge in [-0.1, -0.05) is 30.7 Å². The van der Waals surface area contributed by atoms with Crippen LogP contribution in [0.2, 0.25) is 0 Å². The molecule has 0 aromatic carbocycles. The van der Waals surface area contributed by atoms with E-state index < -0.39 is 0 Å². The molecule has 0 N–H and O–H groups in total. The van der Waals surface area contributed by atoms with Crippen LogP contribution >= 0.6 is 0 Å². The molecular formula is C15H24O2. The molecule has 17 heavy (non-hydrogen) atoms. The maximum atomic E-state index is 5.68. The monoisotopic (exact) mass is 236 g/mol. The van der Waals surface area contributed by atoms with Gasteiger partial charge in [0.2, 0.25) is 0 Å². The van der Waals surface area contributed by atoms with E-state index in [-0.39, 0.29) is 11.2 Å². The van der Waals surface area contributed by atoms with E-state index in [2.05, 4.69) is 45.9 Å². The fourth-order valence-corrected chi connectivity index (χ4v) is 2.60. The molecule has 3 aliphatic rings. The molecule has 1 fully saturated rings. The molecule has 3 atom stereocenters. The molecule has 2 nitrogen and oxygen atoms in total. The van der Waals surface area contributed by atoms with Gasteiger partial charge in [0.05, 0.1) is 0 Å². The average molecular weight is 236 g/mol. The van der Waals surface area contributed by atoms with E-state index in [0.717, 1.165) is 25.7 Å². The first-order valence-electron chi connectivity index (χ1n) is 6.66. The van der Waals surface area contributed by atoms with Crippen LogP contribution in [0, 0.1) is 5.92 Å². The Bertz CT molecular complexity index is 329. The van der Waals surface area contributed by atoms with Crippen molar-refractivity contribution in [2.24, 2.45) is 5.92 Å². The van der Waals surface area contributed by atoms with Gasteiger partial charge in [-0.2, -0.15) is 0 Å². The van der Waals surface area contributed by atoms with Crippen LogP contribution in [0.3, 0.4) is 0 Å². The van der Waals surface area contributed by atoms with Crippen LogP contribution < -0.4 is 0 Å². The molecule has 2 heterocycles. The first-order valence-corrected chi connectivity index (χ1v) is 6.66. The summed E-state index contributed by atoms with van der Waals surface area (Å²) in [6, 6.07) is 0. The largest absolute Gasteiger partial charge is 0.225 e. The lowest BCUT2D eigenvalue weighted by Gasteiger charge is -2.48. The Morgan fingerprint density at radius 1 is 1.29 bits per heavy atom. The van der Waals surface area contributed by atoms with E-state index in [1.54, 1.807) is 0 Å². The Kier molecular flexibility index (Phi) is 3.46. The molecule has 2 bridgehead atoms. The maximum Gasteiger partial charge on any atom is 0.124 e. The topological polar surface area (TPSA) is 18.5 Å². The minimum atomic E-state index is -0.179. The summed E-state index contributed by atoms with van der Waals surface area (Å²) >= 11 is 0. The molecule has 3 unspecified atom stereocenters. The van der Waals surface area contributed by atoms with E-state index in [1.807, 2.05) is 0 Å². The highest BCUT2D eigenvalue weighted by Crippen LogP contribution is 2.45. The molecule has 0 amide bonds. The van der Waals surface area contributed by atoms with Crippen molar-refractivity contribution in [3.05, 3.63) is 23.8 Å². The summed E-state index contributed by atoms with van der Waals surface area (Å²) in [6.07, 6.45) is 11.1. The van der Waals surface area contributed by atoms with Crippen LogP contribution in [0.5, 0.6) is 0 Å². The van der Waals surface area contributed by atoms with Crippen molar-refractivity contribution in [1.82, 2.24) is 0 Å². The van der Waals surface area contributed by atoms with Crippen molar-refractivity contribution < 1.29 is 9.78 Å². The molecule has 0 spiro atoms. The van der Waals surface area contributed by atoms with Crippen LogP contribution in [0.1, 0.15) is 53.4 Å². The van der Waals surface area contributed by atoms with E-state index >= 15 is 0 Å². The summed E-state index contributed by atoms with van der Waals surface area (Å²) in [6.45, 7) is 8.64. The summed E-state index contributed by atoms with van der Waals surface area (Å²) in [5.74, 6) is 0.499. The first kappa shape index (κ1) is 12.8. The Morgan fingerprint density at radius 3 is 2.53 bits per heavy atom. The predicted molar refractivity (Wildman–Crippen MR) is 69.5 cm³/mol. The molecule has 0 saturated carbocycles. The third-order valence-electron chi connectivity index (χ3n) is 4.10. The quantitative estimate of drug-likeness (QED) is 0.538. The van der Waals surface area contributed by atoms with Gasteiger partial charge in [0.15, 0.2) is 0 Å². The van der Waals surface area contributed by atoms with E-state index in [9.17, 15) is 0 Å². The van der Waals surface area contributed by atoms with Gasteiger partial charge in [-0.05, 0) is 52.4 Å². The molecule has 2 heteroatoms. The van der Waals surface area contributed by atoms with Crippen molar-refractivity contribution in [3.8, 4) is 0 Å². The van der Waals surface area contributed by atoms with Crippen LogP contribution in [0.4, 0.5) is 0 Å². The van der Waals surface area contributed by atoms with Gasteiger partial charge in [0.1, 0.15) is 11.2 Å². The maximum absolute atomic E-state index is 5.68. The molecule has 0 aromatic heterocycles. The SMILES string of the molecule is CC(C)=CCCC(C)C12C=CC(C)(CC1)OO2. The molecular weight excluding hydrogens is 212 g/mol. The van der Waals surface area contributed by atoms with Crippen molar-refractivity contribution in [1.29, 1.82) is 0 Å². The second-order valence-corrected chi connectivity index (χ2v) is 6.03. The second-order valence-electron chi connectivity index (χ2n) is 6.03. The number of hydrogen-bond donors (Lipinski definition) is 0. The summed E-state index contributed by atoms with van der Waals surface area (Å²) in [5, 5.41) is 0. The van der Waals surface area contributed by atoms with Crippen molar-refractivity contribution >= 4 is 0 Å². The molecule has 0 radical (unpaired) electrons.